The number of fused-ring (bicyclic) bond motifs is 2. The molecular formula is C21H17FN4O4S. The van der Waals surface area contributed by atoms with Gasteiger partial charge in [-0.1, -0.05) is 29.5 Å². The van der Waals surface area contributed by atoms with Crippen molar-refractivity contribution in [1.29, 1.82) is 0 Å². The molecule has 0 bridgehead atoms. The number of ether oxygens (including phenoxy) is 1. The molecule has 3 heterocycles. The standard InChI is InChI=1S/C21H17FN4O4S/c22-14-7-5-13(6-8-14)21-10-9-18(27)26(21)17(11-31-21)20(29)30-12-25-19(28)15-3-1-2-4-16(15)23-24-25/h1-8,17H,9-12H2/t17-,21-/m0/s1. The minimum atomic E-state index is -0.797. The lowest BCUT2D eigenvalue weighted by atomic mass is 10.0. The molecule has 0 radical (unpaired) electrons. The van der Waals surface area contributed by atoms with E-state index in [1.54, 1.807) is 41.3 Å². The van der Waals surface area contributed by atoms with E-state index in [2.05, 4.69) is 10.3 Å². The average molecular weight is 440 g/mol. The van der Waals surface area contributed by atoms with Gasteiger partial charge in [0.1, 0.15) is 22.2 Å². The fourth-order valence-electron chi connectivity index (χ4n) is 4.16. The monoisotopic (exact) mass is 440 g/mol. The minimum Gasteiger partial charge on any atom is -0.441 e. The summed E-state index contributed by atoms with van der Waals surface area (Å²) in [6.45, 7) is -0.401. The lowest BCUT2D eigenvalue weighted by Gasteiger charge is -2.33. The highest BCUT2D eigenvalue weighted by Gasteiger charge is 2.57. The summed E-state index contributed by atoms with van der Waals surface area (Å²) >= 11 is 1.47. The third kappa shape index (κ3) is 3.18. The molecule has 0 spiro atoms. The smallest absolute Gasteiger partial charge is 0.331 e. The Morgan fingerprint density at radius 3 is 2.77 bits per heavy atom. The van der Waals surface area contributed by atoms with Gasteiger partial charge in [0.25, 0.3) is 5.56 Å². The SMILES string of the molecule is O=C(OCn1nnc2ccccc2c1=O)[C@@H]1CS[C@]2(c3ccc(F)cc3)CCC(=O)N12. The molecule has 2 saturated heterocycles. The fourth-order valence-corrected chi connectivity index (χ4v) is 5.79. The lowest BCUT2D eigenvalue weighted by molar-refractivity contribution is -0.157. The molecule has 31 heavy (non-hydrogen) atoms. The van der Waals surface area contributed by atoms with Crippen molar-refractivity contribution in [3.63, 3.8) is 0 Å². The Kier molecular flexibility index (Phi) is 4.73. The van der Waals surface area contributed by atoms with Crippen molar-refractivity contribution in [3.05, 3.63) is 70.3 Å². The van der Waals surface area contributed by atoms with Crippen LogP contribution in [0.15, 0.2) is 53.3 Å². The zero-order valence-electron chi connectivity index (χ0n) is 16.2. The molecule has 0 aliphatic carbocycles. The number of amides is 1. The van der Waals surface area contributed by atoms with Crippen LogP contribution in [0.25, 0.3) is 10.9 Å². The van der Waals surface area contributed by atoms with Gasteiger partial charge in [0.15, 0.2) is 6.73 Å². The normalized spacial score (nSPS) is 22.7. The second-order valence-corrected chi connectivity index (χ2v) is 8.68. The summed E-state index contributed by atoms with van der Waals surface area (Å²) in [4.78, 5) is 38.9. The molecule has 1 amide bonds. The predicted molar refractivity (Wildman–Crippen MR) is 110 cm³/mol. The second-order valence-electron chi connectivity index (χ2n) is 7.39. The molecule has 158 valence electrons. The van der Waals surface area contributed by atoms with Crippen LogP contribution < -0.4 is 5.56 Å². The number of nitrogens with zero attached hydrogens (tertiary/aromatic N) is 4. The van der Waals surface area contributed by atoms with Crippen LogP contribution in [0.1, 0.15) is 18.4 Å². The summed E-state index contributed by atoms with van der Waals surface area (Å²) < 4.78 is 19.7. The van der Waals surface area contributed by atoms with Gasteiger partial charge in [-0.15, -0.1) is 16.9 Å². The highest BCUT2D eigenvalue weighted by molar-refractivity contribution is 8.00. The summed E-state index contributed by atoms with van der Waals surface area (Å²) in [5, 5.41) is 8.14. The van der Waals surface area contributed by atoms with Crippen LogP contribution in [-0.2, 0) is 25.9 Å². The molecule has 5 rings (SSSR count). The van der Waals surface area contributed by atoms with Crippen LogP contribution in [0.5, 0.6) is 0 Å². The number of aromatic nitrogens is 3. The molecule has 1 aromatic heterocycles. The van der Waals surface area contributed by atoms with Crippen molar-refractivity contribution in [1.82, 2.24) is 19.9 Å². The second kappa shape index (κ2) is 7.45. The molecule has 0 saturated carbocycles. The molecule has 0 unspecified atom stereocenters. The lowest BCUT2D eigenvalue weighted by Crippen LogP contribution is -2.47. The number of benzene rings is 2. The van der Waals surface area contributed by atoms with Gasteiger partial charge in [-0.25, -0.2) is 9.18 Å². The van der Waals surface area contributed by atoms with Crippen molar-refractivity contribution < 1.29 is 18.7 Å². The Morgan fingerprint density at radius 1 is 1.19 bits per heavy atom. The molecule has 8 nitrogen and oxygen atoms in total. The molecule has 2 aliphatic rings. The first-order chi connectivity index (χ1) is 15.0. The highest BCUT2D eigenvalue weighted by atomic mass is 32.2. The molecule has 3 aromatic rings. The summed E-state index contributed by atoms with van der Waals surface area (Å²) in [7, 11) is 0. The first-order valence-corrected chi connectivity index (χ1v) is 10.7. The van der Waals surface area contributed by atoms with Crippen LogP contribution in [0.2, 0.25) is 0 Å². The number of rotatable bonds is 4. The first-order valence-electron chi connectivity index (χ1n) is 9.71. The molecule has 2 aromatic carbocycles. The summed E-state index contributed by atoms with van der Waals surface area (Å²) in [5.74, 6) is -0.787. The van der Waals surface area contributed by atoms with Crippen molar-refractivity contribution in [2.45, 2.75) is 30.5 Å². The van der Waals surface area contributed by atoms with Gasteiger partial charge >= 0.3 is 5.97 Å². The first kappa shape index (κ1) is 19.7. The topological polar surface area (TPSA) is 94.4 Å². The average Bonchev–Trinajstić information content (AvgIpc) is 3.33. The number of halogens is 1. The third-order valence-electron chi connectivity index (χ3n) is 5.65. The van der Waals surface area contributed by atoms with E-state index in [1.807, 2.05) is 0 Å². The van der Waals surface area contributed by atoms with Crippen molar-refractivity contribution in [3.8, 4) is 0 Å². The maximum absolute atomic E-state index is 13.4. The maximum Gasteiger partial charge on any atom is 0.331 e. The quantitative estimate of drug-likeness (QED) is 0.573. The van der Waals surface area contributed by atoms with Crippen LogP contribution in [0.3, 0.4) is 0 Å². The van der Waals surface area contributed by atoms with E-state index in [0.29, 0.717) is 29.5 Å². The van der Waals surface area contributed by atoms with E-state index >= 15 is 0 Å². The molecule has 10 heteroatoms. The Bertz CT molecular complexity index is 1250. The van der Waals surface area contributed by atoms with E-state index < -0.39 is 29.2 Å². The Balaban J connectivity index is 1.37. The Hall–Kier alpha value is -3.27. The van der Waals surface area contributed by atoms with Crippen molar-refractivity contribution in [2.75, 3.05) is 5.75 Å². The minimum absolute atomic E-state index is 0.154. The maximum atomic E-state index is 13.4. The molecule has 2 aliphatic heterocycles. The number of esters is 1. The van der Waals surface area contributed by atoms with Crippen LogP contribution in [0, 0.1) is 5.82 Å². The van der Waals surface area contributed by atoms with E-state index in [9.17, 15) is 18.8 Å². The van der Waals surface area contributed by atoms with Gasteiger partial charge in [-0.05, 0) is 36.2 Å². The number of carbonyl (C=O) groups is 2. The van der Waals surface area contributed by atoms with Gasteiger partial charge in [0.2, 0.25) is 5.91 Å². The summed E-state index contributed by atoms with van der Waals surface area (Å²) in [6.07, 6.45) is 0.825. The van der Waals surface area contributed by atoms with Crippen molar-refractivity contribution in [2.24, 2.45) is 0 Å². The molecule has 0 N–H and O–H groups in total. The molecule has 2 fully saturated rings. The van der Waals surface area contributed by atoms with E-state index in [0.717, 1.165) is 10.2 Å². The number of carbonyl (C=O) groups excluding carboxylic acids is 2. The summed E-state index contributed by atoms with van der Waals surface area (Å²) in [6, 6.07) is 11.9. The third-order valence-corrected chi connectivity index (χ3v) is 7.25. The zero-order chi connectivity index (χ0) is 21.6. The number of thioether (sulfide) groups is 1. The van der Waals surface area contributed by atoms with Gasteiger partial charge < -0.3 is 9.64 Å². The van der Waals surface area contributed by atoms with Gasteiger partial charge in [-0.2, -0.15) is 4.68 Å². The van der Waals surface area contributed by atoms with Crippen LogP contribution in [-0.4, -0.2) is 43.6 Å². The summed E-state index contributed by atoms with van der Waals surface area (Å²) in [5.41, 5.74) is 0.808. The molecular weight excluding hydrogens is 423 g/mol. The predicted octanol–water partition coefficient (Wildman–Crippen LogP) is 2.02. The highest BCUT2D eigenvalue weighted by Crippen LogP contribution is 2.54. The Labute approximate surface area is 180 Å². The molecule has 2 atom stereocenters. The number of hydrogen-bond donors (Lipinski definition) is 0. The van der Waals surface area contributed by atoms with Gasteiger partial charge in [-0.3, -0.25) is 9.59 Å². The van der Waals surface area contributed by atoms with Gasteiger partial charge in [0, 0.05) is 12.2 Å². The van der Waals surface area contributed by atoms with Gasteiger partial charge in [0.05, 0.1) is 5.39 Å². The van der Waals surface area contributed by atoms with E-state index in [-0.39, 0.29) is 11.7 Å². The van der Waals surface area contributed by atoms with Crippen molar-refractivity contribution >= 4 is 34.5 Å². The largest absolute Gasteiger partial charge is 0.441 e. The fraction of sp³-hybridized carbons (Fsp3) is 0.286. The number of hydrogen-bond acceptors (Lipinski definition) is 7. The van der Waals surface area contributed by atoms with Crippen LogP contribution >= 0.6 is 11.8 Å². The van der Waals surface area contributed by atoms with Crippen LogP contribution in [0.4, 0.5) is 4.39 Å². The van der Waals surface area contributed by atoms with E-state index in [4.69, 9.17) is 4.74 Å². The Morgan fingerprint density at radius 2 is 1.97 bits per heavy atom. The zero-order valence-corrected chi connectivity index (χ0v) is 17.0. The van der Waals surface area contributed by atoms with E-state index in [1.165, 1.54) is 23.9 Å².